The summed E-state index contributed by atoms with van der Waals surface area (Å²) in [6.45, 7) is 0.399. The highest BCUT2D eigenvalue weighted by molar-refractivity contribution is 5.94. The van der Waals surface area contributed by atoms with E-state index in [1.165, 1.54) is 23.1 Å². The molecule has 1 aromatic rings. The lowest BCUT2D eigenvalue weighted by Gasteiger charge is -2.20. The van der Waals surface area contributed by atoms with Gasteiger partial charge in [-0.1, -0.05) is 12.1 Å². The van der Waals surface area contributed by atoms with E-state index in [2.05, 4.69) is 0 Å². The second-order valence-corrected chi connectivity index (χ2v) is 3.59. The van der Waals surface area contributed by atoms with E-state index in [0.29, 0.717) is 0 Å². The molecule has 0 atom stereocenters. The van der Waals surface area contributed by atoms with Crippen LogP contribution in [0.4, 0.5) is 4.39 Å². The fourth-order valence-corrected chi connectivity index (χ4v) is 1.49. The van der Waals surface area contributed by atoms with Crippen LogP contribution in [0.2, 0.25) is 0 Å². The number of nitriles is 2. The van der Waals surface area contributed by atoms with Gasteiger partial charge in [-0.25, -0.2) is 4.39 Å². The fourth-order valence-electron chi connectivity index (χ4n) is 1.49. The largest absolute Gasteiger partial charge is 0.336 e. The monoisotopic (exact) mass is 245 g/mol. The summed E-state index contributed by atoms with van der Waals surface area (Å²) in [5.74, 6) is -1.08. The Labute approximate surface area is 105 Å². The molecule has 0 N–H and O–H groups in total. The molecule has 1 amide bonds. The van der Waals surface area contributed by atoms with Crippen molar-refractivity contribution < 1.29 is 9.18 Å². The number of benzene rings is 1. The minimum atomic E-state index is -0.596. The van der Waals surface area contributed by atoms with Gasteiger partial charge >= 0.3 is 0 Å². The third-order valence-electron chi connectivity index (χ3n) is 2.38. The maximum atomic E-state index is 13.5. The van der Waals surface area contributed by atoms with E-state index in [1.54, 1.807) is 6.07 Å². The Bertz CT molecular complexity index is 484. The number of hydrogen-bond acceptors (Lipinski definition) is 3. The molecule has 0 aromatic heterocycles. The van der Waals surface area contributed by atoms with Crippen LogP contribution >= 0.6 is 0 Å². The SMILES string of the molecule is N#CCCN(CCC#N)C(=O)c1ccccc1F. The van der Waals surface area contributed by atoms with Crippen molar-refractivity contribution in [3.05, 3.63) is 35.6 Å². The zero-order valence-corrected chi connectivity index (χ0v) is 9.77. The highest BCUT2D eigenvalue weighted by Gasteiger charge is 2.18. The van der Waals surface area contributed by atoms with Crippen LogP contribution in [-0.4, -0.2) is 23.9 Å². The number of nitrogens with zero attached hydrogens (tertiary/aromatic N) is 3. The highest BCUT2D eigenvalue weighted by Crippen LogP contribution is 2.10. The Hall–Kier alpha value is -2.40. The van der Waals surface area contributed by atoms with Gasteiger partial charge < -0.3 is 4.90 Å². The average molecular weight is 245 g/mol. The normalized spacial score (nSPS) is 9.28. The van der Waals surface area contributed by atoms with Crippen LogP contribution in [0, 0.1) is 28.5 Å². The molecule has 18 heavy (non-hydrogen) atoms. The van der Waals surface area contributed by atoms with Crippen molar-refractivity contribution in [1.82, 2.24) is 4.90 Å². The summed E-state index contributed by atoms with van der Waals surface area (Å²) in [6, 6.07) is 9.52. The lowest BCUT2D eigenvalue weighted by Crippen LogP contribution is -2.33. The summed E-state index contributed by atoms with van der Waals surface area (Å²) in [7, 11) is 0. The van der Waals surface area contributed by atoms with Crippen molar-refractivity contribution in [3.63, 3.8) is 0 Å². The zero-order chi connectivity index (χ0) is 13.4. The summed E-state index contributed by atoms with van der Waals surface area (Å²) in [6.07, 6.45) is 0.317. The van der Waals surface area contributed by atoms with Crippen molar-refractivity contribution in [3.8, 4) is 12.1 Å². The number of amides is 1. The molecule has 0 radical (unpaired) electrons. The Morgan fingerprint density at radius 3 is 2.22 bits per heavy atom. The highest BCUT2D eigenvalue weighted by atomic mass is 19.1. The molecule has 0 bridgehead atoms. The topological polar surface area (TPSA) is 67.9 Å². The van der Waals surface area contributed by atoms with Gasteiger partial charge in [-0.2, -0.15) is 10.5 Å². The molecular formula is C13H12FN3O. The minimum Gasteiger partial charge on any atom is -0.336 e. The van der Waals surface area contributed by atoms with Gasteiger partial charge in [0.15, 0.2) is 0 Å². The third-order valence-corrected chi connectivity index (χ3v) is 2.38. The molecule has 0 aliphatic rings. The van der Waals surface area contributed by atoms with Gasteiger partial charge in [0.25, 0.3) is 5.91 Å². The number of carbonyl (C=O) groups is 1. The first kappa shape index (κ1) is 13.7. The zero-order valence-electron chi connectivity index (χ0n) is 9.77. The van der Waals surface area contributed by atoms with E-state index in [0.717, 1.165) is 0 Å². The number of halogens is 1. The first-order chi connectivity index (χ1) is 8.70. The molecule has 0 aliphatic heterocycles. The van der Waals surface area contributed by atoms with Crippen molar-refractivity contribution >= 4 is 5.91 Å². The molecule has 5 heteroatoms. The lowest BCUT2D eigenvalue weighted by molar-refractivity contribution is 0.0758. The number of carbonyl (C=O) groups excluding carboxylic acids is 1. The van der Waals surface area contributed by atoms with E-state index >= 15 is 0 Å². The number of hydrogen-bond donors (Lipinski definition) is 0. The first-order valence-electron chi connectivity index (χ1n) is 5.48. The smallest absolute Gasteiger partial charge is 0.256 e. The second kappa shape index (κ2) is 7.03. The van der Waals surface area contributed by atoms with Crippen molar-refractivity contribution in [1.29, 1.82) is 10.5 Å². The maximum absolute atomic E-state index is 13.5. The Morgan fingerprint density at radius 2 is 1.72 bits per heavy atom. The van der Waals surface area contributed by atoms with E-state index < -0.39 is 11.7 Å². The minimum absolute atomic E-state index is 0.0339. The summed E-state index contributed by atoms with van der Waals surface area (Å²) in [5.41, 5.74) is -0.0339. The van der Waals surface area contributed by atoms with Gasteiger partial charge in [-0.3, -0.25) is 4.79 Å². The lowest BCUT2D eigenvalue weighted by atomic mass is 10.1. The van der Waals surface area contributed by atoms with Gasteiger partial charge in [0.05, 0.1) is 30.5 Å². The predicted molar refractivity (Wildman–Crippen MR) is 62.8 cm³/mol. The fraction of sp³-hybridized carbons (Fsp3) is 0.308. The van der Waals surface area contributed by atoms with E-state index in [9.17, 15) is 9.18 Å². The quantitative estimate of drug-likeness (QED) is 0.797. The van der Waals surface area contributed by atoms with Crippen LogP contribution < -0.4 is 0 Å². The summed E-state index contributed by atoms with van der Waals surface area (Å²) < 4.78 is 13.5. The molecule has 0 aliphatic carbocycles. The Kier molecular flexibility index (Phi) is 5.34. The van der Waals surface area contributed by atoms with Gasteiger partial charge in [-0.15, -0.1) is 0 Å². The molecule has 1 rings (SSSR count). The third kappa shape index (κ3) is 3.57. The molecule has 1 aromatic carbocycles. The van der Waals surface area contributed by atoms with Crippen LogP contribution in [-0.2, 0) is 0 Å². The van der Waals surface area contributed by atoms with Gasteiger partial charge in [0, 0.05) is 13.1 Å². The Balaban J connectivity index is 2.85. The van der Waals surface area contributed by atoms with Crippen LogP contribution in [0.15, 0.2) is 24.3 Å². The molecule has 0 saturated heterocycles. The Morgan fingerprint density at radius 1 is 1.17 bits per heavy atom. The van der Waals surface area contributed by atoms with Crippen LogP contribution in [0.3, 0.4) is 0 Å². The van der Waals surface area contributed by atoms with Crippen molar-refractivity contribution in [2.45, 2.75) is 12.8 Å². The van der Waals surface area contributed by atoms with E-state index in [4.69, 9.17) is 10.5 Å². The molecule has 4 nitrogen and oxygen atoms in total. The van der Waals surface area contributed by atoms with E-state index in [1.807, 2.05) is 12.1 Å². The van der Waals surface area contributed by atoms with E-state index in [-0.39, 0.29) is 31.5 Å². The van der Waals surface area contributed by atoms with Crippen molar-refractivity contribution in [2.75, 3.05) is 13.1 Å². The second-order valence-electron chi connectivity index (χ2n) is 3.59. The predicted octanol–water partition coefficient (Wildman–Crippen LogP) is 2.10. The summed E-state index contributed by atoms with van der Waals surface area (Å²) >= 11 is 0. The molecule has 0 saturated carbocycles. The number of rotatable bonds is 5. The van der Waals surface area contributed by atoms with Gasteiger partial charge in [-0.05, 0) is 12.1 Å². The van der Waals surface area contributed by atoms with Crippen molar-refractivity contribution in [2.24, 2.45) is 0 Å². The van der Waals surface area contributed by atoms with Crippen LogP contribution in [0.25, 0.3) is 0 Å². The molecule has 92 valence electrons. The molecule has 0 heterocycles. The molecular weight excluding hydrogens is 233 g/mol. The molecule has 0 spiro atoms. The molecule has 0 fully saturated rings. The van der Waals surface area contributed by atoms with Crippen LogP contribution in [0.5, 0.6) is 0 Å². The standard InChI is InChI=1S/C13H12FN3O/c14-12-6-2-1-5-11(12)13(18)17(9-3-7-15)10-4-8-16/h1-2,5-6H,3-4,9-10H2. The van der Waals surface area contributed by atoms with Gasteiger partial charge in [0.1, 0.15) is 5.82 Å². The maximum Gasteiger partial charge on any atom is 0.256 e. The first-order valence-corrected chi connectivity index (χ1v) is 5.48. The average Bonchev–Trinajstić information content (AvgIpc) is 2.39. The summed E-state index contributed by atoms with van der Waals surface area (Å²) in [4.78, 5) is 13.4. The van der Waals surface area contributed by atoms with Crippen LogP contribution in [0.1, 0.15) is 23.2 Å². The summed E-state index contributed by atoms with van der Waals surface area (Å²) in [5, 5.41) is 17.0. The van der Waals surface area contributed by atoms with Gasteiger partial charge in [0.2, 0.25) is 0 Å². The molecule has 0 unspecified atom stereocenters.